The Labute approximate surface area is 131 Å². The van der Waals surface area contributed by atoms with Crippen LogP contribution in [0.2, 0.25) is 0 Å². The molecule has 2 fully saturated rings. The van der Waals surface area contributed by atoms with Crippen LogP contribution in [0.25, 0.3) is 5.65 Å². The van der Waals surface area contributed by atoms with Crippen LogP contribution >= 0.6 is 0 Å². The molecule has 0 atom stereocenters. The maximum atomic E-state index is 4.45. The number of likely N-dealkylation sites (tertiary alicyclic amines) is 1. The van der Waals surface area contributed by atoms with Crippen LogP contribution in [0.4, 0.5) is 0 Å². The highest BCUT2D eigenvalue weighted by molar-refractivity contribution is 5.37. The zero-order valence-corrected chi connectivity index (χ0v) is 13.1. The molecular formula is C17H25N5. The van der Waals surface area contributed by atoms with E-state index in [4.69, 9.17) is 0 Å². The van der Waals surface area contributed by atoms with Gasteiger partial charge >= 0.3 is 0 Å². The van der Waals surface area contributed by atoms with E-state index in [1.165, 1.54) is 58.4 Å². The molecule has 0 radical (unpaired) electrons. The van der Waals surface area contributed by atoms with E-state index in [1.54, 1.807) is 0 Å². The highest BCUT2D eigenvalue weighted by atomic mass is 15.3. The summed E-state index contributed by atoms with van der Waals surface area (Å²) >= 11 is 0. The maximum absolute atomic E-state index is 4.45. The standard InChI is InChI=1S/C17H25N5/c1-2-10-22-16(3-1)19-20-17(22)15-6-11-21(12-7-15)13-14-4-8-18-9-5-14/h1-3,10,14-15,18H,4-9,11-13H2. The van der Waals surface area contributed by atoms with Crippen LogP contribution in [0.1, 0.15) is 37.4 Å². The van der Waals surface area contributed by atoms with Gasteiger partial charge in [0.25, 0.3) is 0 Å². The summed E-state index contributed by atoms with van der Waals surface area (Å²) in [5.41, 5.74) is 0.967. The average molecular weight is 299 g/mol. The van der Waals surface area contributed by atoms with Crippen molar-refractivity contribution in [2.45, 2.75) is 31.6 Å². The minimum atomic E-state index is 0.557. The van der Waals surface area contributed by atoms with Crippen molar-refractivity contribution in [3.63, 3.8) is 0 Å². The second kappa shape index (κ2) is 6.34. The minimum absolute atomic E-state index is 0.557. The van der Waals surface area contributed by atoms with E-state index >= 15 is 0 Å². The average Bonchev–Trinajstić information content (AvgIpc) is 3.01. The van der Waals surface area contributed by atoms with E-state index in [0.29, 0.717) is 5.92 Å². The smallest absolute Gasteiger partial charge is 0.160 e. The van der Waals surface area contributed by atoms with E-state index < -0.39 is 0 Å². The van der Waals surface area contributed by atoms with Gasteiger partial charge < -0.3 is 10.2 Å². The predicted octanol–water partition coefficient (Wildman–Crippen LogP) is 1.91. The van der Waals surface area contributed by atoms with Crippen LogP contribution < -0.4 is 5.32 Å². The van der Waals surface area contributed by atoms with Gasteiger partial charge in [-0.1, -0.05) is 6.07 Å². The third-order valence-electron chi connectivity index (χ3n) is 5.27. The quantitative estimate of drug-likeness (QED) is 0.940. The molecular weight excluding hydrogens is 274 g/mol. The topological polar surface area (TPSA) is 45.5 Å². The lowest BCUT2D eigenvalue weighted by Gasteiger charge is -2.35. The summed E-state index contributed by atoms with van der Waals surface area (Å²) in [7, 11) is 0. The van der Waals surface area contributed by atoms with Crippen LogP contribution in [0, 0.1) is 5.92 Å². The van der Waals surface area contributed by atoms with Gasteiger partial charge in [-0.3, -0.25) is 4.40 Å². The van der Waals surface area contributed by atoms with Crippen LogP contribution in [0.3, 0.4) is 0 Å². The zero-order chi connectivity index (χ0) is 14.8. The van der Waals surface area contributed by atoms with Crippen LogP contribution in [0.15, 0.2) is 24.4 Å². The molecule has 0 saturated carbocycles. The van der Waals surface area contributed by atoms with Crippen LogP contribution in [-0.2, 0) is 0 Å². The molecule has 0 bridgehead atoms. The van der Waals surface area contributed by atoms with Crippen molar-refractivity contribution in [2.24, 2.45) is 5.92 Å². The molecule has 0 aromatic carbocycles. The number of fused-ring (bicyclic) bond motifs is 1. The first-order valence-electron chi connectivity index (χ1n) is 8.63. The van der Waals surface area contributed by atoms with E-state index in [2.05, 4.69) is 37.1 Å². The number of piperidine rings is 2. The molecule has 2 saturated heterocycles. The molecule has 5 heteroatoms. The molecule has 0 unspecified atom stereocenters. The Morgan fingerprint density at radius 2 is 1.86 bits per heavy atom. The van der Waals surface area contributed by atoms with E-state index in [0.717, 1.165) is 17.4 Å². The molecule has 2 aliphatic rings. The normalized spacial score (nSPS) is 22.4. The van der Waals surface area contributed by atoms with E-state index in [-0.39, 0.29) is 0 Å². The fourth-order valence-corrected chi connectivity index (χ4v) is 3.94. The van der Waals surface area contributed by atoms with Crippen molar-refractivity contribution in [1.82, 2.24) is 24.8 Å². The van der Waals surface area contributed by atoms with Gasteiger partial charge in [0.05, 0.1) is 0 Å². The molecule has 22 heavy (non-hydrogen) atoms. The molecule has 0 aliphatic carbocycles. The van der Waals surface area contributed by atoms with E-state index in [9.17, 15) is 0 Å². The van der Waals surface area contributed by atoms with Gasteiger partial charge in [0.1, 0.15) is 5.82 Å². The minimum Gasteiger partial charge on any atom is -0.317 e. The summed E-state index contributed by atoms with van der Waals surface area (Å²) in [4.78, 5) is 2.66. The zero-order valence-electron chi connectivity index (χ0n) is 13.1. The highest BCUT2D eigenvalue weighted by Crippen LogP contribution is 2.28. The van der Waals surface area contributed by atoms with Gasteiger partial charge in [0.2, 0.25) is 0 Å². The molecule has 2 aliphatic heterocycles. The summed E-state index contributed by atoms with van der Waals surface area (Å²) in [6.07, 6.45) is 7.19. The van der Waals surface area contributed by atoms with Gasteiger partial charge in [-0.25, -0.2) is 0 Å². The van der Waals surface area contributed by atoms with Crippen molar-refractivity contribution in [1.29, 1.82) is 0 Å². The number of rotatable bonds is 3. The summed E-state index contributed by atoms with van der Waals surface area (Å²) in [6.45, 7) is 6.10. The Morgan fingerprint density at radius 3 is 2.68 bits per heavy atom. The van der Waals surface area contributed by atoms with Gasteiger partial charge in [-0.2, -0.15) is 0 Å². The second-order valence-corrected chi connectivity index (χ2v) is 6.76. The fourth-order valence-electron chi connectivity index (χ4n) is 3.94. The lowest BCUT2D eigenvalue weighted by Crippen LogP contribution is -2.40. The van der Waals surface area contributed by atoms with Gasteiger partial charge in [-0.15, -0.1) is 10.2 Å². The van der Waals surface area contributed by atoms with E-state index in [1.807, 2.05) is 12.1 Å². The number of hydrogen-bond donors (Lipinski definition) is 1. The first-order chi connectivity index (χ1) is 10.9. The monoisotopic (exact) mass is 299 g/mol. The highest BCUT2D eigenvalue weighted by Gasteiger charge is 2.26. The first-order valence-corrected chi connectivity index (χ1v) is 8.63. The maximum Gasteiger partial charge on any atom is 0.160 e. The third kappa shape index (κ3) is 2.88. The van der Waals surface area contributed by atoms with Crippen molar-refractivity contribution >= 4 is 5.65 Å². The molecule has 2 aromatic rings. The third-order valence-corrected chi connectivity index (χ3v) is 5.27. The largest absolute Gasteiger partial charge is 0.317 e. The summed E-state index contributed by atoms with van der Waals surface area (Å²) in [6, 6.07) is 6.12. The van der Waals surface area contributed by atoms with Gasteiger partial charge in [-0.05, 0) is 69.9 Å². The molecule has 1 N–H and O–H groups in total. The lowest BCUT2D eigenvalue weighted by atomic mass is 9.93. The van der Waals surface area contributed by atoms with Crippen molar-refractivity contribution in [2.75, 3.05) is 32.7 Å². The summed E-state index contributed by atoms with van der Waals surface area (Å²) < 4.78 is 2.16. The Kier molecular flexibility index (Phi) is 4.08. The number of hydrogen-bond acceptors (Lipinski definition) is 4. The van der Waals surface area contributed by atoms with Gasteiger partial charge in [0.15, 0.2) is 5.65 Å². The Bertz CT molecular complexity index is 608. The fraction of sp³-hybridized carbons (Fsp3) is 0.647. The van der Waals surface area contributed by atoms with Crippen LogP contribution in [-0.4, -0.2) is 52.2 Å². The molecule has 5 nitrogen and oxygen atoms in total. The Morgan fingerprint density at radius 1 is 1.05 bits per heavy atom. The Balaban J connectivity index is 1.37. The molecule has 4 rings (SSSR count). The second-order valence-electron chi connectivity index (χ2n) is 6.76. The molecule has 2 aromatic heterocycles. The molecule has 4 heterocycles. The summed E-state index contributed by atoms with van der Waals surface area (Å²) in [5, 5.41) is 12.2. The number of nitrogens with zero attached hydrogens (tertiary/aromatic N) is 4. The molecule has 0 spiro atoms. The summed E-state index contributed by atoms with van der Waals surface area (Å²) in [5.74, 6) is 2.60. The van der Waals surface area contributed by atoms with Crippen molar-refractivity contribution in [3.05, 3.63) is 30.2 Å². The molecule has 118 valence electrons. The van der Waals surface area contributed by atoms with Gasteiger partial charge in [0, 0.05) is 18.7 Å². The van der Waals surface area contributed by atoms with Crippen LogP contribution in [0.5, 0.6) is 0 Å². The number of pyridine rings is 1. The van der Waals surface area contributed by atoms with Crippen molar-refractivity contribution < 1.29 is 0 Å². The number of aromatic nitrogens is 3. The lowest BCUT2D eigenvalue weighted by molar-refractivity contribution is 0.165. The molecule has 0 amide bonds. The Hall–Kier alpha value is -1.46. The SMILES string of the molecule is c1ccn2c(C3CCN(CC4CCNCC4)CC3)nnc2c1. The number of nitrogens with one attached hydrogen (secondary N) is 1. The first kappa shape index (κ1) is 14.2. The predicted molar refractivity (Wildman–Crippen MR) is 87.0 cm³/mol. The van der Waals surface area contributed by atoms with Crippen molar-refractivity contribution in [3.8, 4) is 0 Å².